The molecule has 39 heteroatoms. The molecule has 1 aliphatic heterocycles. The topological polar surface area (TPSA) is 588 Å². The number of benzene rings is 4. The summed E-state index contributed by atoms with van der Waals surface area (Å²) in [5, 5.41) is 76.0. The number of hydrogen-bond acceptors (Lipinski definition) is 25. The van der Waals surface area contributed by atoms with Crippen molar-refractivity contribution in [1.29, 1.82) is 0 Å². The van der Waals surface area contributed by atoms with E-state index in [1.807, 2.05) is 27.7 Å². The molecule has 19 N–H and O–H groups in total. The van der Waals surface area contributed by atoms with Gasteiger partial charge in [0.05, 0.1) is 54.3 Å². The van der Waals surface area contributed by atoms with E-state index in [0.717, 1.165) is 0 Å². The number of fused-ring (bicyclic) bond motifs is 6. The van der Waals surface area contributed by atoms with Crippen LogP contribution in [0.5, 0.6) is 0 Å². The number of carbonyl (C=O) groups is 15. The van der Waals surface area contributed by atoms with Gasteiger partial charge in [0.25, 0.3) is 0 Å². The average Bonchev–Trinajstić information content (AvgIpc) is 1.02. The Morgan fingerprint density at radius 1 is 0.647 bits per heavy atom. The number of alkyl carbamates (subject to hydrolysis) is 1. The Labute approximate surface area is 842 Å². The summed E-state index contributed by atoms with van der Waals surface area (Å²) in [5.41, 5.74) is 3.68. The fourth-order valence-corrected chi connectivity index (χ4v) is 18.6. The molecule has 1 radical (unpaired) electrons. The molecule has 10 rings (SSSR count). The Morgan fingerprint density at radius 2 is 1.24 bits per heavy atom. The maximum Gasteiger partial charge on any atom is 0.408 e. The predicted molar refractivity (Wildman–Crippen MR) is 502 cm³/mol. The Bertz CT molecular complexity index is 5440. The van der Waals surface area contributed by atoms with Crippen molar-refractivity contribution < 1.29 is 160 Å². The molecule has 3 heterocycles. The molecule has 0 unspecified atom stereocenters. The number of amides is 11. The van der Waals surface area contributed by atoms with Crippen molar-refractivity contribution in [1.82, 2.24) is 62.8 Å². The zero-order valence-electron chi connectivity index (χ0n) is 80.9. The summed E-state index contributed by atoms with van der Waals surface area (Å²) >= 11 is 0. The first kappa shape index (κ1) is 111. The zero-order chi connectivity index (χ0) is 101. The molecule has 11 amide bonds. The minimum absolute atomic E-state index is 0. The molecule has 3 fully saturated rings. The number of ether oxygens (including phenoxy) is 5. The molecule has 2 aromatic heterocycles. The largest absolute Gasteiger partial charge is 0.455 e. The monoisotopic (exact) mass is 2140 g/mol. The Hall–Kier alpha value is -11.6. The first-order valence-electron chi connectivity index (χ1n) is 46.6. The maximum absolute atomic E-state index is 15.6. The van der Waals surface area contributed by atoms with Crippen molar-refractivity contribution in [2.45, 2.75) is 276 Å². The third-order valence-corrected chi connectivity index (χ3v) is 26.0. The van der Waals surface area contributed by atoms with Gasteiger partial charge in [-0.15, -0.1) is 0 Å². The van der Waals surface area contributed by atoms with E-state index in [9.17, 15) is 78.0 Å². The molecule has 38 nitrogen and oxygen atoms in total. The van der Waals surface area contributed by atoms with E-state index in [1.54, 1.807) is 150 Å². The number of para-hydroxylation sites is 1. The third kappa shape index (κ3) is 28.2. The number of aliphatic hydroxyl groups excluding tert-OH is 2. The molecule has 6 aromatic rings. The number of nitrogens with two attached hydrogens (primary N) is 2. The van der Waals surface area contributed by atoms with Gasteiger partial charge in [-0.25, -0.2) is 19.4 Å². The Kier molecular flexibility index (Phi) is 38.8. The van der Waals surface area contributed by atoms with Crippen LogP contribution in [0.3, 0.4) is 0 Å². The van der Waals surface area contributed by atoms with Gasteiger partial charge in [-0.1, -0.05) is 165 Å². The van der Waals surface area contributed by atoms with Crippen LogP contribution in [0.25, 0.3) is 10.9 Å². The molecule has 4 aromatic carbocycles. The number of nitrogens with zero attached hydrogens (tertiary/aromatic N) is 1. The van der Waals surface area contributed by atoms with Crippen molar-refractivity contribution in [2.24, 2.45) is 51.9 Å². The van der Waals surface area contributed by atoms with Crippen LogP contribution < -0.4 is 59.3 Å². The van der Waals surface area contributed by atoms with E-state index >= 15 is 14.4 Å². The van der Waals surface area contributed by atoms with Crippen LogP contribution in [0.15, 0.2) is 157 Å². The second-order valence-electron chi connectivity index (χ2n) is 39.2. The van der Waals surface area contributed by atoms with Gasteiger partial charge in [-0.05, 0) is 131 Å². The number of H-pyrrole nitrogens is 2. The van der Waals surface area contributed by atoms with Crippen molar-refractivity contribution in [3.63, 3.8) is 0 Å². The molecule has 749 valence electrons. The first-order valence-corrected chi connectivity index (χ1v) is 46.6. The average molecular weight is 2140 g/mol. The van der Waals surface area contributed by atoms with Gasteiger partial charge < -0.3 is 113 Å². The summed E-state index contributed by atoms with van der Waals surface area (Å²) in [4.78, 5) is 225. The molecule has 2 bridgehead atoms. The van der Waals surface area contributed by atoms with Crippen LogP contribution in [0.2, 0.25) is 0 Å². The smallest absolute Gasteiger partial charge is 0.408 e. The zero-order valence-corrected chi connectivity index (χ0v) is 85.6. The molecule has 19 atom stereocenters. The normalized spacial score (nSPS) is 22.5. The molecular weight excluding hydrogens is 2010 g/mol. The van der Waals surface area contributed by atoms with Crippen LogP contribution in [0, 0.1) is 84.5 Å². The number of aliphatic hydroxyl groups is 4. The van der Waals surface area contributed by atoms with E-state index < -0.39 is 264 Å². The fraction of sp³-hybridized carbons (Fsp3) is 0.520. The molecule has 4 aliphatic rings. The fourth-order valence-electron chi connectivity index (χ4n) is 18.6. The van der Waals surface area contributed by atoms with Crippen molar-refractivity contribution in [3.8, 4) is 0 Å². The Morgan fingerprint density at radius 3 is 1.86 bits per heavy atom. The van der Waals surface area contributed by atoms with Crippen LogP contribution in [0.4, 0.5) is 4.79 Å². The number of primary amides is 2. The minimum Gasteiger partial charge on any atom is -0.455 e. The van der Waals surface area contributed by atoms with Crippen molar-refractivity contribution >= 4 is 99.8 Å². The summed E-state index contributed by atoms with van der Waals surface area (Å²) < 4.78 is 30.3. The van der Waals surface area contributed by atoms with E-state index in [1.165, 1.54) is 65.2 Å². The number of esters is 3. The predicted octanol–water partition coefficient (Wildman–Crippen LogP) is 4.54. The second-order valence-corrected chi connectivity index (χ2v) is 39.2. The van der Waals surface area contributed by atoms with Crippen LogP contribution in [-0.4, -0.2) is 233 Å². The summed E-state index contributed by atoms with van der Waals surface area (Å²) in [6.07, 6.45) is -7.11. The van der Waals surface area contributed by atoms with Crippen LogP contribution in [-0.2, 0) is 105 Å². The molecule has 2 saturated carbocycles. The summed E-state index contributed by atoms with van der Waals surface area (Å²) in [6, 6.07) is 19.7. The molecule has 139 heavy (non-hydrogen) atoms. The van der Waals surface area contributed by atoms with Gasteiger partial charge in [0.2, 0.25) is 65.2 Å². The van der Waals surface area contributed by atoms with Gasteiger partial charge in [-0.2, -0.15) is 0 Å². The number of aromatic nitrogens is 3. The summed E-state index contributed by atoms with van der Waals surface area (Å²) in [6.45, 7) is 21.7. The van der Waals surface area contributed by atoms with Gasteiger partial charge in [0.1, 0.15) is 77.4 Å². The quantitative estimate of drug-likeness (QED) is 0.0142. The standard InChI is InChI=1S/C100H132N14O24.Ac/c1-53(2)41-61(86(102)122)37-38-63(42-54(3)4)108-90(126)70(45-64-49-103-52-106-64)110-76(118)50-105-92(128)79(55(5)6)113-87(123)57(8)107-89(125)69(44-62-48-104-66-34-25-24-33-65(62)66)112-88(124)67(39-40-74(101)116)111-91(127)68(43-58-27-18-15-19-28-58)109-75(117)35-26-36-77(119)136-82(80(59-29-20-16-21-30-59)114-95(131)138-96(9,10)11)94(130)135-71-47-100(133)85(137-93(129)60-31-22-17-23-32-60)83-98(14,72(115)46-73-99(83,132)51-134-73)84(121)81(120)78(56(71)7)97(100,12)13;/h15-25,27-34,37-38,48-49,52-55,57,61,63,67-73,79-83,85,104,115,120,132-133H,26,35-36,39-47,50-51H2,1-14H3,(H2,101,116)(H2,102,122)(H,103,106)(H,105,128)(H,107,125)(H,108,126)(H,109,117)(H,110,118)(H,111,127)(H,112,124)(H,113,123)(H,114,131);/b38-37+;/t57-,61-,63+,67-,68+,69-,70-,71-,72-,73+,79-,80-,81+,82+,83-,85-,98+,99-,100+;/m0./s1. The summed E-state index contributed by atoms with van der Waals surface area (Å²) in [7, 11) is 0. The van der Waals surface area contributed by atoms with Crippen molar-refractivity contribution in [3.05, 3.63) is 185 Å². The number of imidazole rings is 1. The van der Waals surface area contributed by atoms with E-state index in [0.29, 0.717) is 40.6 Å². The van der Waals surface area contributed by atoms with E-state index in [-0.39, 0.29) is 110 Å². The van der Waals surface area contributed by atoms with Crippen molar-refractivity contribution in [2.75, 3.05) is 13.2 Å². The van der Waals surface area contributed by atoms with Gasteiger partial charge in [-0.3, -0.25) is 57.5 Å². The Balaban J connectivity index is 0.0000216. The number of rotatable bonds is 44. The van der Waals surface area contributed by atoms with Gasteiger partial charge in [0, 0.05) is 136 Å². The number of nitrogens with one attached hydrogen (secondary N) is 11. The number of hydrogen-bond donors (Lipinski definition) is 17. The SMILES string of the molecule is CC1=C2[C@@H](O)C(=O)[C@@]3(C)[C@H]([C@H](OC(=O)c4ccccc4)[C@](O)(C[C@@H]1OC(=O)[C@H](OC(=O)CCCC(=O)N[C@H](Cc1ccccc1)C(=O)N[C@@H](CCC(N)=O)C(=O)N[C@@H](Cc1c[nH]c4ccccc14)C(=O)N[C@@H](C)C(=O)N[C@H](C(=O)NCC(=O)N[C@@H](Cc1c[nH]cn1)C(=O)N[C@H](/C=C/[C@@H](CC(C)C)C(N)=O)CC(C)C)C(C)C)[C@@H](NC(=O)OC(C)(C)C)c1ccccc1)C2(C)C)[C@]1(O)CO[C@@H]1C[C@@H]3O.[Ac]. The van der Waals surface area contributed by atoms with Crippen LogP contribution >= 0.6 is 0 Å². The first-order chi connectivity index (χ1) is 65.0. The molecule has 1 saturated heterocycles. The summed E-state index contributed by atoms with van der Waals surface area (Å²) in [5.74, 6) is -15.6. The number of aromatic amines is 2. The van der Waals surface area contributed by atoms with E-state index in [2.05, 4.69) is 62.8 Å². The third-order valence-electron chi connectivity index (χ3n) is 26.0. The number of ketones is 1. The molecule has 3 aliphatic carbocycles. The van der Waals surface area contributed by atoms with Gasteiger partial charge in [0.15, 0.2) is 5.78 Å². The molecular formula is C100H132AcN14O24. The number of carbonyl (C=O) groups excluding carboxylic acids is 15. The second kappa shape index (κ2) is 48.5. The maximum atomic E-state index is 15.6. The molecule has 0 spiro atoms. The van der Waals surface area contributed by atoms with E-state index in [4.69, 9.17) is 35.2 Å². The van der Waals surface area contributed by atoms with Gasteiger partial charge >= 0.3 is 24.0 Å². The van der Waals surface area contributed by atoms with Crippen LogP contribution in [0.1, 0.15) is 194 Å². The minimum atomic E-state index is -2.55. The number of Topliss-reactive ketones (excluding diaryl/α,β-unsaturated/α-hetero) is 1.